The minimum atomic E-state index is 0.424. The maximum absolute atomic E-state index is 11.8. The molecule has 3 heterocycles. The highest BCUT2D eigenvalue weighted by Crippen LogP contribution is 2.49. The Morgan fingerprint density at radius 1 is 0.350 bits per heavy atom. The van der Waals surface area contributed by atoms with Gasteiger partial charge in [0.2, 0.25) is 0 Å². The van der Waals surface area contributed by atoms with Crippen LogP contribution in [0, 0.1) is 29.6 Å². The lowest BCUT2D eigenvalue weighted by molar-refractivity contribution is 1.04. The quantitative estimate of drug-likeness (QED) is 0.179. The molecule has 0 unspecified atom stereocenters. The fourth-order valence-corrected chi connectivity index (χ4v) is 9.81. The molecule has 0 fully saturated rings. The van der Waals surface area contributed by atoms with Crippen LogP contribution < -0.4 is 0 Å². The molecule has 0 aliphatic heterocycles. The molecule has 0 amide bonds. The van der Waals surface area contributed by atoms with Crippen molar-refractivity contribution < 1.29 is 0 Å². The zero-order chi connectivity index (χ0) is 40.1. The zero-order valence-electron chi connectivity index (χ0n) is 32.6. The van der Waals surface area contributed by atoms with E-state index in [0.717, 1.165) is 93.0 Å². The van der Waals surface area contributed by atoms with E-state index in [9.17, 15) is 10.5 Å². The molecule has 0 bridgehead atoms. The highest BCUT2D eigenvalue weighted by molar-refractivity contribution is 6.16. The van der Waals surface area contributed by atoms with Crippen LogP contribution >= 0.6 is 0 Å². The van der Waals surface area contributed by atoms with E-state index < -0.39 is 0 Å². The second kappa shape index (κ2) is 12.8. The summed E-state index contributed by atoms with van der Waals surface area (Å²) < 4.78 is 6.88. The van der Waals surface area contributed by atoms with E-state index >= 15 is 0 Å². The summed E-state index contributed by atoms with van der Waals surface area (Å²) in [6.45, 7) is 2.06. The van der Waals surface area contributed by atoms with Crippen LogP contribution in [0.1, 0.15) is 16.7 Å². The lowest BCUT2D eigenvalue weighted by Crippen LogP contribution is -2.14. The van der Waals surface area contributed by atoms with Gasteiger partial charge in [-0.15, -0.1) is 0 Å². The van der Waals surface area contributed by atoms with Gasteiger partial charge in [0.1, 0.15) is 12.1 Å². The van der Waals surface area contributed by atoms with Gasteiger partial charge in [0, 0.05) is 37.9 Å². The summed E-state index contributed by atoms with van der Waals surface area (Å²) in [5.41, 5.74) is 11.3. The SMILES string of the molecule is Cc1ccc(-c2c(C#N)c(-n3c4ccccc4c4ccccc43)c(-n3c4ccccc4c4cc5ccccc5cc43)c(-n3c4ccccc4c4ccccc43)c2C#N)cc1. The van der Waals surface area contributed by atoms with Crippen LogP contribution in [0.4, 0.5) is 0 Å². The molecule has 0 radical (unpaired) electrons. The van der Waals surface area contributed by atoms with Gasteiger partial charge in [-0.3, -0.25) is 0 Å². The Hall–Kier alpha value is -8.38. The maximum Gasteiger partial charge on any atom is 0.102 e. The normalized spacial score (nSPS) is 11.7. The van der Waals surface area contributed by atoms with E-state index in [0.29, 0.717) is 28.1 Å². The van der Waals surface area contributed by atoms with Crippen molar-refractivity contribution in [3.63, 3.8) is 0 Å². The first-order chi connectivity index (χ1) is 29.6. The fourth-order valence-electron chi connectivity index (χ4n) is 9.81. The molecule has 0 saturated heterocycles. The topological polar surface area (TPSA) is 62.4 Å². The predicted molar refractivity (Wildman–Crippen MR) is 247 cm³/mol. The fraction of sp³-hybridized carbons (Fsp3) is 0.0182. The van der Waals surface area contributed by atoms with Crippen LogP contribution in [0.15, 0.2) is 182 Å². The lowest BCUT2D eigenvalue weighted by atomic mass is 9.90. The van der Waals surface area contributed by atoms with Gasteiger partial charge in [0.05, 0.1) is 61.3 Å². The number of fused-ring (bicyclic) bond motifs is 10. The van der Waals surface area contributed by atoms with Crippen LogP contribution in [0.2, 0.25) is 0 Å². The number of hydrogen-bond acceptors (Lipinski definition) is 2. The minimum Gasteiger partial charge on any atom is -0.306 e. The van der Waals surface area contributed by atoms with Crippen molar-refractivity contribution >= 4 is 76.2 Å². The van der Waals surface area contributed by atoms with Crippen LogP contribution in [-0.4, -0.2) is 13.7 Å². The Kier molecular flexibility index (Phi) is 7.20. The summed E-state index contributed by atoms with van der Waals surface area (Å²) >= 11 is 0. The third-order valence-electron chi connectivity index (χ3n) is 12.4. The van der Waals surface area contributed by atoms with Crippen molar-refractivity contribution in [2.75, 3.05) is 0 Å². The number of para-hydroxylation sites is 5. The molecule has 3 aromatic heterocycles. The molecule has 9 aromatic carbocycles. The van der Waals surface area contributed by atoms with Crippen LogP contribution in [0.3, 0.4) is 0 Å². The second-order valence-corrected chi connectivity index (χ2v) is 15.6. The van der Waals surface area contributed by atoms with Crippen molar-refractivity contribution in [1.29, 1.82) is 10.5 Å². The average molecular weight is 764 g/mol. The number of nitriles is 2. The highest BCUT2D eigenvalue weighted by Gasteiger charge is 2.33. The molecule has 0 N–H and O–H groups in total. The molecule has 278 valence electrons. The molecule has 0 aliphatic rings. The first-order valence-corrected chi connectivity index (χ1v) is 20.1. The first kappa shape index (κ1) is 33.7. The van der Waals surface area contributed by atoms with Crippen molar-refractivity contribution in [2.45, 2.75) is 6.92 Å². The third-order valence-corrected chi connectivity index (χ3v) is 12.4. The first-order valence-electron chi connectivity index (χ1n) is 20.1. The molecular formula is C55H33N5. The Morgan fingerprint density at radius 3 is 1.12 bits per heavy atom. The molecule has 0 atom stereocenters. The summed E-state index contributed by atoms with van der Waals surface area (Å²) in [4.78, 5) is 0. The number of aryl methyl sites for hydroxylation is 1. The predicted octanol–water partition coefficient (Wildman–Crippen LogP) is 13.8. The van der Waals surface area contributed by atoms with E-state index in [2.05, 4.69) is 203 Å². The molecule has 0 saturated carbocycles. The van der Waals surface area contributed by atoms with Gasteiger partial charge in [-0.25, -0.2) is 0 Å². The van der Waals surface area contributed by atoms with Gasteiger partial charge in [-0.05, 0) is 65.7 Å². The molecule has 60 heavy (non-hydrogen) atoms. The summed E-state index contributed by atoms with van der Waals surface area (Å²) in [6.07, 6.45) is 0. The van der Waals surface area contributed by atoms with E-state index in [1.807, 2.05) is 12.1 Å². The van der Waals surface area contributed by atoms with Crippen molar-refractivity contribution in [2.24, 2.45) is 0 Å². The molecule has 5 heteroatoms. The van der Waals surface area contributed by atoms with Crippen LogP contribution in [0.5, 0.6) is 0 Å². The van der Waals surface area contributed by atoms with Gasteiger partial charge in [-0.2, -0.15) is 10.5 Å². The summed E-state index contributed by atoms with van der Waals surface area (Å²) in [6, 6.07) is 69.0. The highest BCUT2D eigenvalue weighted by atomic mass is 15.1. The summed E-state index contributed by atoms with van der Waals surface area (Å²) in [5, 5.41) is 32.4. The number of hydrogen-bond donors (Lipinski definition) is 0. The molecule has 5 nitrogen and oxygen atoms in total. The third kappa shape index (κ3) is 4.60. The largest absolute Gasteiger partial charge is 0.306 e. The van der Waals surface area contributed by atoms with Crippen LogP contribution in [-0.2, 0) is 0 Å². The van der Waals surface area contributed by atoms with E-state index in [1.54, 1.807) is 0 Å². The minimum absolute atomic E-state index is 0.424. The van der Waals surface area contributed by atoms with Gasteiger partial charge >= 0.3 is 0 Å². The Morgan fingerprint density at radius 2 is 0.700 bits per heavy atom. The Bertz CT molecular complexity index is 3600. The van der Waals surface area contributed by atoms with Crippen LogP contribution in [0.25, 0.3) is 104 Å². The number of nitrogens with zero attached hydrogens (tertiary/aromatic N) is 5. The molecule has 0 aliphatic carbocycles. The monoisotopic (exact) mass is 763 g/mol. The van der Waals surface area contributed by atoms with Gasteiger partial charge in [0.15, 0.2) is 0 Å². The number of aromatic nitrogens is 3. The van der Waals surface area contributed by atoms with E-state index in [1.165, 1.54) is 0 Å². The van der Waals surface area contributed by atoms with E-state index in [4.69, 9.17) is 0 Å². The van der Waals surface area contributed by atoms with Crippen molar-refractivity contribution in [3.05, 3.63) is 199 Å². The standard InChI is InChI=1S/C55H33N5/c1-34-26-28-35(29-27-34)52-44(32-56)53(58-46-21-9-4-16-38(46)39-17-5-10-22-47(39)58)55(54(45(52)33-57)59-48-23-11-6-18-40(48)41-19-7-12-24-49(41)59)60-50-25-13-8-20-42(50)43-30-36-14-2-3-15-37(36)31-51(43)60/h2-31H,1H3. The smallest absolute Gasteiger partial charge is 0.102 e. The zero-order valence-corrected chi connectivity index (χ0v) is 32.6. The van der Waals surface area contributed by atoms with E-state index in [-0.39, 0.29) is 0 Å². The number of benzene rings is 9. The summed E-state index contributed by atoms with van der Waals surface area (Å²) in [5.74, 6) is 0. The van der Waals surface area contributed by atoms with Gasteiger partial charge in [0.25, 0.3) is 0 Å². The Labute approximate surface area is 345 Å². The molecular weight excluding hydrogens is 731 g/mol. The molecule has 12 rings (SSSR count). The average Bonchev–Trinajstić information content (AvgIpc) is 3.93. The lowest BCUT2D eigenvalue weighted by Gasteiger charge is -2.26. The van der Waals surface area contributed by atoms with Gasteiger partial charge in [-0.1, -0.05) is 145 Å². The van der Waals surface area contributed by atoms with Crippen molar-refractivity contribution in [1.82, 2.24) is 13.7 Å². The van der Waals surface area contributed by atoms with Gasteiger partial charge < -0.3 is 13.7 Å². The number of rotatable bonds is 4. The Balaban J connectivity index is 1.44. The summed E-state index contributed by atoms with van der Waals surface area (Å²) in [7, 11) is 0. The maximum atomic E-state index is 11.8. The second-order valence-electron chi connectivity index (χ2n) is 15.6. The molecule has 12 aromatic rings. The van der Waals surface area contributed by atoms with Crippen molar-refractivity contribution in [3.8, 4) is 40.3 Å². The molecule has 0 spiro atoms.